The van der Waals surface area contributed by atoms with E-state index in [1.807, 2.05) is 30.3 Å². The highest BCUT2D eigenvalue weighted by Gasteiger charge is 2.41. The normalized spacial score (nSPS) is 24.5. The maximum Gasteiger partial charge on any atom is 0.324 e. The Kier molecular flexibility index (Phi) is 3.51. The molecule has 0 saturated carbocycles. The number of carboxylic acid groups (broad SMARTS) is 1. The van der Waals surface area contributed by atoms with Crippen molar-refractivity contribution in [2.45, 2.75) is 18.5 Å². The highest BCUT2D eigenvalue weighted by atomic mass is 32.2. The summed E-state index contributed by atoms with van der Waals surface area (Å²) in [5.74, 6) is 0.858. The number of hydrogen-bond acceptors (Lipinski definition) is 3. The fraction of sp³-hybridized carbons (Fsp3) is 0.417. The first kappa shape index (κ1) is 11.5. The van der Waals surface area contributed by atoms with Crippen LogP contribution < -0.4 is 5.32 Å². The fourth-order valence-electron chi connectivity index (χ4n) is 1.82. The number of thioether (sulfide) groups is 1. The minimum atomic E-state index is -0.728. The predicted octanol–water partition coefficient (Wildman–Crippen LogP) is 1.74. The zero-order chi connectivity index (χ0) is 11.4. The molecule has 86 valence electrons. The average Bonchev–Trinajstić information content (AvgIpc) is 2.78. The Morgan fingerprint density at radius 3 is 2.75 bits per heavy atom. The average molecular weight is 237 g/mol. The molecule has 0 aromatic heterocycles. The van der Waals surface area contributed by atoms with Crippen LogP contribution in [0.15, 0.2) is 30.3 Å². The molecule has 4 heteroatoms. The van der Waals surface area contributed by atoms with Gasteiger partial charge in [0.1, 0.15) is 5.54 Å². The quantitative estimate of drug-likeness (QED) is 0.837. The number of aliphatic carboxylic acids is 1. The van der Waals surface area contributed by atoms with Crippen LogP contribution in [0.1, 0.15) is 12.0 Å². The Morgan fingerprint density at radius 1 is 1.44 bits per heavy atom. The zero-order valence-electron chi connectivity index (χ0n) is 8.98. The number of carboxylic acids is 1. The first-order valence-corrected chi connectivity index (χ1v) is 6.48. The van der Waals surface area contributed by atoms with E-state index >= 15 is 0 Å². The number of nitrogens with one attached hydrogen (secondary N) is 1. The molecule has 0 aliphatic carbocycles. The number of benzene rings is 1. The smallest absolute Gasteiger partial charge is 0.324 e. The summed E-state index contributed by atoms with van der Waals surface area (Å²) in [6.07, 6.45) is 0.708. The molecule has 1 aliphatic heterocycles. The summed E-state index contributed by atoms with van der Waals surface area (Å²) >= 11 is 1.70. The Hall–Kier alpha value is -1.00. The standard InChI is InChI=1S/C12H15NO2S/c14-11(15)12(6-7-16-9-12)13-8-10-4-2-1-3-5-10/h1-5,13H,6-9H2,(H,14,15). The predicted molar refractivity (Wildman–Crippen MR) is 65.6 cm³/mol. The molecule has 0 bridgehead atoms. The number of hydrogen-bond donors (Lipinski definition) is 2. The maximum absolute atomic E-state index is 11.3. The van der Waals surface area contributed by atoms with Crippen LogP contribution in [0.5, 0.6) is 0 Å². The Labute approximate surface area is 99.2 Å². The second-order valence-corrected chi connectivity index (χ2v) is 5.13. The van der Waals surface area contributed by atoms with Crippen LogP contribution in [0.3, 0.4) is 0 Å². The molecular formula is C12H15NO2S. The van der Waals surface area contributed by atoms with Gasteiger partial charge in [0.2, 0.25) is 0 Å². The lowest BCUT2D eigenvalue weighted by Gasteiger charge is -2.24. The Morgan fingerprint density at radius 2 is 2.19 bits per heavy atom. The van der Waals surface area contributed by atoms with Crippen molar-refractivity contribution in [3.63, 3.8) is 0 Å². The van der Waals surface area contributed by atoms with E-state index in [1.165, 1.54) is 0 Å². The van der Waals surface area contributed by atoms with Gasteiger partial charge in [-0.1, -0.05) is 30.3 Å². The van der Waals surface area contributed by atoms with Crippen LogP contribution >= 0.6 is 11.8 Å². The maximum atomic E-state index is 11.3. The van der Waals surface area contributed by atoms with Crippen LogP contribution in [-0.2, 0) is 11.3 Å². The van der Waals surface area contributed by atoms with Gasteiger partial charge in [0.15, 0.2) is 0 Å². The van der Waals surface area contributed by atoms with Crippen molar-refractivity contribution in [1.82, 2.24) is 5.32 Å². The topological polar surface area (TPSA) is 49.3 Å². The highest BCUT2D eigenvalue weighted by molar-refractivity contribution is 7.99. The molecule has 1 aliphatic rings. The molecule has 1 fully saturated rings. The van der Waals surface area contributed by atoms with E-state index in [1.54, 1.807) is 11.8 Å². The van der Waals surface area contributed by atoms with Crippen molar-refractivity contribution >= 4 is 17.7 Å². The summed E-state index contributed by atoms with van der Waals surface area (Å²) in [6, 6.07) is 9.90. The second-order valence-electron chi connectivity index (χ2n) is 4.03. The van der Waals surface area contributed by atoms with Gasteiger partial charge in [-0.3, -0.25) is 10.1 Å². The van der Waals surface area contributed by atoms with Gasteiger partial charge in [-0.05, 0) is 17.7 Å². The zero-order valence-corrected chi connectivity index (χ0v) is 9.80. The summed E-state index contributed by atoms with van der Waals surface area (Å²) in [7, 11) is 0. The van der Waals surface area contributed by atoms with Gasteiger partial charge in [-0.2, -0.15) is 11.8 Å². The molecular weight excluding hydrogens is 222 g/mol. The van der Waals surface area contributed by atoms with Gasteiger partial charge in [-0.15, -0.1) is 0 Å². The molecule has 16 heavy (non-hydrogen) atoms. The van der Waals surface area contributed by atoms with Crippen LogP contribution in [0.2, 0.25) is 0 Å². The van der Waals surface area contributed by atoms with Crippen LogP contribution in [-0.4, -0.2) is 28.1 Å². The second kappa shape index (κ2) is 4.89. The van der Waals surface area contributed by atoms with E-state index in [0.717, 1.165) is 11.3 Å². The van der Waals surface area contributed by atoms with Crippen molar-refractivity contribution in [2.75, 3.05) is 11.5 Å². The molecule has 3 nitrogen and oxygen atoms in total. The molecule has 0 amide bonds. The van der Waals surface area contributed by atoms with Gasteiger partial charge in [0.25, 0.3) is 0 Å². The first-order valence-electron chi connectivity index (χ1n) is 5.33. The molecule has 2 N–H and O–H groups in total. The van der Waals surface area contributed by atoms with E-state index < -0.39 is 11.5 Å². The first-order chi connectivity index (χ1) is 7.73. The van der Waals surface area contributed by atoms with E-state index in [0.29, 0.717) is 18.7 Å². The van der Waals surface area contributed by atoms with Crippen LogP contribution in [0.25, 0.3) is 0 Å². The lowest BCUT2D eigenvalue weighted by atomic mass is 9.99. The lowest BCUT2D eigenvalue weighted by molar-refractivity contribution is -0.143. The molecule has 0 spiro atoms. The van der Waals surface area contributed by atoms with Crippen molar-refractivity contribution in [2.24, 2.45) is 0 Å². The van der Waals surface area contributed by atoms with Crippen molar-refractivity contribution in [1.29, 1.82) is 0 Å². The minimum Gasteiger partial charge on any atom is -0.480 e. The van der Waals surface area contributed by atoms with Crippen molar-refractivity contribution in [3.05, 3.63) is 35.9 Å². The summed E-state index contributed by atoms with van der Waals surface area (Å²) in [4.78, 5) is 11.3. The Bertz CT molecular complexity index is 361. The molecule has 1 aromatic carbocycles. The molecule has 2 rings (SSSR count). The van der Waals surface area contributed by atoms with Crippen LogP contribution in [0, 0.1) is 0 Å². The molecule has 1 aromatic rings. The Balaban J connectivity index is 2.00. The highest BCUT2D eigenvalue weighted by Crippen LogP contribution is 2.28. The molecule has 1 heterocycles. The SMILES string of the molecule is O=C(O)C1(NCc2ccccc2)CCSC1. The van der Waals surface area contributed by atoms with E-state index in [-0.39, 0.29) is 0 Å². The summed E-state index contributed by atoms with van der Waals surface area (Å²) < 4.78 is 0. The van der Waals surface area contributed by atoms with E-state index in [2.05, 4.69) is 5.32 Å². The van der Waals surface area contributed by atoms with Crippen LogP contribution in [0.4, 0.5) is 0 Å². The number of carbonyl (C=O) groups is 1. The van der Waals surface area contributed by atoms with Crippen molar-refractivity contribution < 1.29 is 9.90 Å². The van der Waals surface area contributed by atoms with E-state index in [9.17, 15) is 9.90 Å². The van der Waals surface area contributed by atoms with Crippen molar-refractivity contribution in [3.8, 4) is 0 Å². The fourth-order valence-corrected chi connectivity index (χ4v) is 3.17. The summed E-state index contributed by atoms with van der Waals surface area (Å²) in [5.41, 5.74) is 0.403. The third kappa shape index (κ3) is 2.39. The summed E-state index contributed by atoms with van der Waals surface area (Å²) in [6.45, 7) is 0.619. The molecule has 1 atom stereocenters. The molecule has 0 radical (unpaired) electrons. The van der Waals surface area contributed by atoms with Gasteiger partial charge in [0, 0.05) is 12.3 Å². The van der Waals surface area contributed by atoms with Gasteiger partial charge >= 0.3 is 5.97 Å². The van der Waals surface area contributed by atoms with E-state index in [4.69, 9.17) is 0 Å². The van der Waals surface area contributed by atoms with Gasteiger partial charge in [0.05, 0.1) is 0 Å². The largest absolute Gasteiger partial charge is 0.480 e. The third-order valence-electron chi connectivity index (χ3n) is 2.90. The number of rotatable bonds is 4. The monoisotopic (exact) mass is 237 g/mol. The van der Waals surface area contributed by atoms with Gasteiger partial charge in [-0.25, -0.2) is 0 Å². The molecule has 1 saturated heterocycles. The van der Waals surface area contributed by atoms with Gasteiger partial charge < -0.3 is 5.11 Å². The lowest BCUT2D eigenvalue weighted by Crippen LogP contribution is -2.51. The molecule has 1 unspecified atom stereocenters. The minimum absolute atomic E-state index is 0.619. The third-order valence-corrected chi connectivity index (χ3v) is 4.09. The summed E-state index contributed by atoms with van der Waals surface area (Å²) in [5, 5.41) is 12.5.